The van der Waals surface area contributed by atoms with Gasteiger partial charge in [-0.3, -0.25) is 0 Å². The van der Waals surface area contributed by atoms with E-state index < -0.39 is 30.0 Å². The number of halogens is 3. The quantitative estimate of drug-likeness (QED) is 0.715. The molecule has 0 aliphatic heterocycles. The molecule has 0 saturated carbocycles. The zero-order valence-electron chi connectivity index (χ0n) is 16.4. The van der Waals surface area contributed by atoms with Crippen LogP contribution in [-0.4, -0.2) is 24.0 Å². The maximum atomic E-state index is 13.9. The monoisotopic (exact) mass is 380 g/mol. The Kier molecular flexibility index (Phi) is 5.95. The van der Waals surface area contributed by atoms with Gasteiger partial charge in [-0.05, 0) is 42.9 Å². The molecule has 1 N–H and O–H groups in total. The Morgan fingerprint density at radius 1 is 0.963 bits per heavy atom. The van der Waals surface area contributed by atoms with E-state index in [0.29, 0.717) is 16.9 Å². The summed E-state index contributed by atoms with van der Waals surface area (Å²) in [6.45, 7) is 7.07. The number of alkyl halides is 3. The first kappa shape index (κ1) is 21.3. The smallest absolute Gasteiger partial charge is 0.417 e. The molecule has 0 spiro atoms. The summed E-state index contributed by atoms with van der Waals surface area (Å²) < 4.78 is 47.1. The number of ether oxygens (including phenoxy) is 1. The van der Waals surface area contributed by atoms with E-state index in [1.807, 2.05) is 19.9 Å². The average molecular weight is 380 g/mol. The minimum Gasteiger partial charge on any atom is -0.496 e. The minimum atomic E-state index is -4.76. The SMILES string of the molecule is COc1ccccc1C(C)(C)CC(O)(Cc1cc(C)cc(C)c1)C(F)(F)F. The van der Waals surface area contributed by atoms with Crippen molar-refractivity contribution in [2.45, 2.75) is 57.7 Å². The Balaban J connectivity index is 2.44. The Labute approximate surface area is 159 Å². The summed E-state index contributed by atoms with van der Waals surface area (Å²) in [4.78, 5) is 0. The highest BCUT2D eigenvalue weighted by Crippen LogP contribution is 2.45. The van der Waals surface area contributed by atoms with E-state index in [1.54, 1.807) is 50.2 Å². The molecule has 2 nitrogen and oxygen atoms in total. The molecule has 0 aliphatic carbocycles. The summed E-state index contributed by atoms with van der Waals surface area (Å²) in [5.41, 5.74) is -0.941. The van der Waals surface area contributed by atoms with Crippen LogP contribution in [0.1, 0.15) is 42.5 Å². The summed E-state index contributed by atoms with van der Waals surface area (Å²) >= 11 is 0. The lowest BCUT2D eigenvalue weighted by Crippen LogP contribution is -2.50. The summed E-state index contributed by atoms with van der Waals surface area (Å²) in [6.07, 6.45) is -5.72. The first-order chi connectivity index (χ1) is 12.4. The molecule has 1 unspecified atom stereocenters. The molecule has 0 radical (unpaired) electrons. The molecule has 148 valence electrons. The van der Waals surface area contributed by atoms with Crippen molar-refractivity contribution in [3.63, 3.8) is 0 Å². The molecule has 2 aromatic rings. The zero-order valence-corrected chi connectivity index (χ0v) is 16.4. The van der Waals surface area contributed by atoms with Crippen molar-refractivity contribution < 1.29 is 23.0 Å². The molecule has 0 bridgehead atoms. The summed E-state index contributed by atoms with van der Waals surface area (Å²) in [7, 11) is 1.49. The first-order valence-corrected chi connectivity index (χ1v) is 8.88. The van der Waals surface area contributed by atoms with Crippen molar-refractivity contribution in [3.05, 3.63) is 64.7 Å². The third-order valence-corrected chi connectivity index (χ3v) is 4.88. The van der Waals surface area contributed by atoms with Gasteiger partial charge >= 0.3 is 6.18 Å². The van der Waals surface area contributed by atoms with Gasteiger partial charge < -0.3 is 9.84 Å². The van der Waals surface area contributed by atoms with E-state index in [2.05, 4.69) is 0 Å². The number of benzene rings is 2. The second-order valence-corrected chi connectivity index (χ2v) is 7.96. The van der Waals surface area contributed by atoms with Gasteiger partial charge in [0.15, 0.2) is 5.60 Å². The molecule has 27 heavy (non-hydrogen) atoms. The van der Waals surface area contributed by atoms with Crippen molar-refractivity contribution in [1.29, 1.82) is 0 Å². The van der Waals surface area contributed by atoms with Gasteiger partial charge in [-0.2, -0.15) is 13.2 Å². The Morgan fingerprint density at radius 3 is 2.04 bits per heavy atom. The Bertz CT molecular complexity index is 776. The second kappa shape index (κ2) is 7.55. The van der Waals surface area contributed by atoms with E-state index in [4.69, 9.17) is 4.74 Å². The molecule has 0 fully saturated rings. The molecule has 0 saturated heterocycles. The molecule has 2 rings (SSSR count). The Hall–Kier alpha value is -2.01. The average Bonchev–Trinajstić information content (AvgIpc) is 2.52. The van der Waals surface area contributed by atoms with E-state index in [-0.39, 0.29) is 0 Å². The maximum absolute atomic E-state index is 13.9. The van der Waals surface area contributed by atoms with Gasteiger partial charge in [0.1, 0.15) is 5.75 Å². The number of hydrogen-bond acceptors (Lipinski definition) is 2. The second-order valence-electron chi connectivity index (χ2n) is 7.96. The highest BCUT2D eigenvalue weighted by atomic mass is 19.4. The van der Waals surface area contributed by atoms with E-state index in [0.717, 1.165) is 11.1 Å². The molecule has 0 aliphatic rings. The standard InChI is InChI=1S/C22H27F3O2/c1-15-10-16(2)12-17(11-15)13-21(26,22(23,24)25)14-20(3,4)18-8-6-7-9-19(18)27-5/h6-12,26H,13-14H2,1-5H3. The fourth-order valence-corrected chi connectivity index (χ4v) is 3.80. The van der Waals surface area contributed by atoms with Gasteiger partial charge in [0.25, 0.3) is 0 Å². The summed E-state index contributed by atoms with van der Waals surface area (Å²) in [5.74, 6) is 0.512. The van der Waals surface area contributed by atoms with Crippen LogP contribution in [0.25, 0.3) is 0 Å². The predicted octanol–water partition coefficient (Wildman–Crippen LogP) is 5.52. The van der Waals surface area contributed by atoms with Gasteiger partial charge in [0.2, 0.25) is 0 Å². The molecule has 0 amide bonds. The van der Waals surface area contributed by atoms with E-state index in [1.165, 1.54) is 7.11 Å². The van der Waals surface area contributed by atoms with Crippen LogP contribution < -0.4 is 4.74 Å². The van der Waals surface area contributed by atoms with Gasteiger partial charge in [-0.15, -0.1) is 0 Å². The highest BCUT2D eigenvalue weighted by Gasteiger charge is 2.56. The van der Waals surface area contributed by atoms with Crippen molar-refractivity contribution in [1.82, 2.24) is 0 Å². The minimum absolute atomic E-state index is 0.475. The van der Waals surface area contributed by atoms with Crippen LogP contribution in [0.2, 0.25) is 0 Å². The number of methoxy groups -OCH3 is 1. The lowest BCUT2D eigenvalue weighted by atomic mass is 9.72. The number of aliphatic hydroxyl groups is 1. The molecular weight excluding hydrogens is 353 g/mol. The van der Waals surface area contributed by atoms with Gasteiger partial charge in [0.05, 0.1) is 7.11 Å². The third-order valence-electron chi connectivity index (χ3n) is 4.88. The fourth-order valence-electron chi connectivity index (χ4n) is 3.80. The first-order valence-electron chi connectivity index (χ1n) is 8.88. The van der Waals surface area contributed by atoms with Crippen LogP contribution in [0, 0.1) is 13.8 Å². The lowest BCUT2D eigenvalue weighted by Gasteiger charge is -2.38. The summed E-state index contributed by atoms with van der Waals surface area (Å²) in [5, 5.41) is 10.8. The lowest BCUT2D eigenvalue weighted by molar-refractivity contribution is -0.266. The van der Waals surface area contributed by atoms with Crippen molar-refractivity contribution >= 4 is 0 Å². The van der Waals surface area contributed by atoms with Gasteiger partial charge in [-0.1, -0.05) is 61.4 Å². The van der Waals surface area contributed by atoms with Crippen LogP contribution in [0.15, 0.2) is 42.5 Å². The molecule has 0 aromatic heterocycles. The largest absolute Gasteiger partial charge is 0.496 e. The Morgan fingerprint density at radius 2 is 1.52 bits per heavy atom. The zero-order chi connectivity index (χ0) is 20.5. The number of aryl methyl sites for hydroxylation is 2. The van der Waals surface area contributed by atoms with Crippen molar-refractivity contribution in [2.75, 3.05) is 7.11 Å². The fraction of sp³-hybridized carbons (Fsp3) is 0.455. The predicted molar refractivity (Wildman–Crippen MR) is 101 cm³/mol. The van der Waals surface area contributed by atoms with Gasteiger partial charge in [-0.25, -0.2) is 0 Å². The maximum Gasteiger partial charge on any atom is 0.417 e. The van der Waals surface area contributed by atoms with E-state index in [9.17, 15) is 18.3 Å². The number of para-hydroxylation sites is 1. The topological polar surface area (TPSA) is 29.5 Å². The van der Waals surface area contributed by atoms with Crippen molar-refractivity contribution in [2.24, 2.45) is 0 Å². The van der Waals surface area contributed by atoms with Crippen LogP contribution in [0.3, 0.4) is 0 Å². The summed E-state index contributed by atoms with van der Waals surface area (Å²) in [6, 6.07) is 12.3. The molecule has 0 heterocycles. The molecule has 1 atom stereocenters. The number of rotatable bonds is 6. The molecule has 2 aromatic carbocycles. The van der Waals surface area contributed by atoms with Crippen LogP contribution in [0.4, 0.5) is 13.2 Å². The van der Waals surface area contributed by atoms with Crippen LogP contribution in [0.5, 0.6) is 5.75 Å². The third kappa shape index (κ3) is 4.83. The van der Waals surface area contributed by atoms with E-state index >= 15 is 0 Å². The van der Waals surface area contributed by atoms with Gasteiger partial charge in [0, 0.05) is 6.42 Å². The van der Waals surface area contributed by atoms with Crippen LogP contribution in [-0.2, 0) is 11.8 Å². The molecule has 5 heteroatoms. The molecular formula is C22H27F3O2. The normalized spacial score (nSPS) is 14.7. The van der Waals surface area contributed by atoms with Crippen LogP contribution >= 0.6 is 0 Å². The highest BCUT2D eigenvalue weighted by molar-refractivity contribution is 5.39. The number of hydrogen-bond donors (Lipinski definition) is 1. The van der Waals surface area contributed by atoms with Crippen molar-refractivity contribution in [3.8, 4) is 5.75 Å².